The Bertz CT molecular complexity index is 716. The number of H-pyrrole nitrogens is 1. The minimum Gasteiger partial charge on any atom is -0.461 e. The maximum atomic E-state index is 11.8. The minimum absolute atomic E-state index is 0.0355. The molecule has 0 atom stereocenters. The van der Waals surface area contributed by atoms with Crippen molar-refractivity contribution < 1.29 is 9.21 Å². The predicted octanol–water partition coefficient (Wildman–Crippen LogP) is 3.44. The third-order valence-corrected chi connectivity index (χ3v) is 3.62. The van der Waals surface area contributed by atoms with E-state index in [1.807, 2.05) is 25.1 Å². The Hall–Kier alpha value is -2.01. The summed E-state index contributed by atoms with van der Waals surface area (Å²) >= 11 is 1.38. The van der Waals surface area contributed by atoms with Crippen LogP contribution in [0.5, 0.6) is 0 Å². The smallest absolute Gasteiger partial charge is 0.208 e. The SMILES string of the molecule is Cc1ccc2nc(SCC(=O)c3ccco3)[nH]c2c1. The van der Waals surface area contributed by atoms with Crippen molar-refractivity contribution in [3.8, 4) is 0 Å². The molecular weight excluding hydrogens is 260 g/mol. The van der Waals surface area contributed by atoms with Crippen molar-refractivity contribution >= 4 is 28.6 Å². The number of hydrogen-bond acceptors (Lipinski definition) is 4. The fourth-order valence-corrected chi connectivity index (χ4v) is 2.57. The summed E-state index contributed by atoms with van der Waals surface area (Å²) in [6.45, 7) is 2.04. The molecule has 0 saturated carbocycles. The highest BCUT2D eigenvalue weighted by molar-refractivity contribution is 7.99. The Morgan fingerprint density at radius 3 is 3.11 bits per heavy atom. The van der Waals surface area contributed by atoms with Gasteiger partial charge in [-0.2, -0.15) is 0 Å². The molecule has 3 aromatic rings. The first-order chi connectivity index (χ1) is 9.22. The van der Waals surface area contributed by atoms with E-state index in [9.17, 15) is 4.79 Å². The quantitative estimate of drug-likeness (QED) is 0.584. The van der Waals surface area contributed by atoms with Gasteiger partial charge in [-0.05, 0) is 36.8 Å². The molecule has 0 saturated heterocycles. The molecule has 4 nitrogen and oxygen atoms in total. The Morgan fingerprint density at radius 1 is 1.42 bits per heavy atom. The molecule has 1 aromatic carbocycles. The first-order valence-electron chi connectivity index (χ1n) is 5.88. The molecule has 0 aliphatic heterocycles. The van der Waals surface area contributed by atoms with E-state index in [0.29, 0.717) is 11.5 Å². The zero-order valence-corrected chi connectivity index (χ0v) is 11.2. The van der Waals surface area contributed by atoms with Gasteiger partial charge in [0.05, 0.1) is 23.0 Å². The van der Waals surface area contributed by atoms with Gasteiger partial charge >= 0.3 is 0 Å². The molecule has 0 spiro atoms. The van der Waals surface area contributed by atoms with Crippen LogP contribution in [0.4, 0.5) is 0 Å². The number of hydrogen-bond donors (Lipinski definition) is 1. The van der Waals surface area contributed by atoms with Crippen molar-refractivity contribution in [1.82, 2.24) is 9.97 Å². The van der Waals surface area contributed by atoms with Crippen molar-refractivity contribution in [3.63, 3.8) is 0 Å². The number of Topliss-reactive ketones (excluding diaryl/α,β-unsaturated/α-hetero) is 1. The van der Waals surface area contributed by atoms with Crippen LogP contribution < -0.4 is 0 Å². The lowest BCUT2D eigenvalue weighted by molar-refractivity contribution is 0.0992. The van der Waals surface area contributed by atoms with Gasteiger partial charge in [-0.25, -0.2) is 4.98 Å². The Morgan fingerprint density at radius 2 is 2.32 bits per heavy atom. The van der Waals surface area contributed by atoms with Crippen LogP contribution in [0, 0.1) is 6.92 Å². The van der Waals surface area contributed by atoms with Crippen LogP contribution in [0.25, 0.3) is 11.0 Å². The molecule has 2 aromatic heterocycles. The molecule has 19 heavy (non-hydrogen) atoms. The second-order valence-corrected chi connectivity index (χ2v) is 5.22. The van der Waals surface area contributed by atoms with Gasteiger partial charge in [-0.15, -0.1) is 0 Å². The number of nitrogens with one attached hydrogen (secondary N) is 1. The van der Waals surface area contributed by atoms with Crippen LogP contribution >= 0.6 is 11.8 Å². The minimum atomic E-state index is -0.0355. The van der Waals surface area contributed by atoms with Gasteiger partial charge in [0, 0.05) is 0 Å². The molecule has 0 bridgehead atoms. The summed E-state index contributed by atoms with van der Waals surface area (Å²) in [5, 5.41) is 0.750. The van der Waals surface area contributed by atoms with Gasteiger partial charge in [-0.3, -0.25) is 4.79 Å². The van der Waals surface area contributed by atoms with Crippen LogP contribution in [0.2, 0.25) is 0 Å². The summed E-state index contributed by atoms with van der Waals surface area (Å²) in [5.74, 6) is 0.665. The number of aromatic amines is 1. The lowest BCUT2D eigenvalue weighted by Gasteiger charge is -1.94. The lowest BCUT2D eigenvalue weighted by atomic mass is 10.2. The highest BCUT2D eigenvalue weighted by Gasteiger charge is 2.11. The number of fused-ring (bicyclic) bond motifs is 1. The average molecular weight is 272 g/mol. The number of aryl methyl sites for hydroxylation is 1. The molecule has 2 heterocycles. The zero-order valence-electron chi connectivity index (χ0n) is 10.3. The summed E-state index contributed by atoms with van der Waals surface area (Å²) in [7, 11) is 0. The molecule has 0 radical (unpaired) electrons. The molecule has 0 aliphatic carbocycles. The van der Waals surface area contributed by atoms with E-state index in [-0.39, 0.29) is 5.78 Å². The van der Waals surface area contributed by atoms with Gasteiger partial charge in [0.25, 0.3) is 0 Å². The monoisotopic (exact) mass is 272 g/mol. The van der Waals surface area contributed by atoms with E-state index in [1.54, 1.807) is 12.1 Å². The van der Waals surface area contributed by atoms with Crippen LogP contribution in [0.3, 0.4) is 0 Å². The van der Waals surface area contributed by atoms with Crippen LogP contribution in [0.15, 0.2) is 46.2 Å². The second-order valence-electron chi connectivity index (χ2n) is 4.25. The van der Waals surface area contributed by atoms with Crippen molar-refractivity contribution in [2.45, 2.75) is 12.1 Å². The van der Waals surface area contributed by atoms with E-state index < -0.39 is 0 Å². The van der Waals surface area contributed by atoms with E-state index in [2.05, 4.69) is 9.97 Å². The first-order valence-corrected chi connectivity index (χ1v) is 6.87. The first kappa shape index (κ1) is 12.0. The van der Waals surface area contributed by atoms with Crippen LogP contribution in [0.1, 0.15) is 16.1 Å². The van der Waals surface area contributed by atoms with E-state index in [4.69, 9.17) is 4.42 Å². The zero-order chi connectivity index (χ0) is 13.2. The highest BCUT2D eigenvalue weighted by Crippen LogP contribution is 2.21. The van der Waals surface area contributed by atoms with Gasteiger partial charge in [0.15, 0.2) is 10.9 Å². The number of carbonyl (C=O) groups excluding carboxylic acids is 1. The van der Waals surface area contributed by atoms with Gasteiger partial charge < -0.3 is 9.40 Å². The van der Waals surface area contributed by atoms with Crippen LogP contribution in [-0.4, -0.2) is 21.5 Å². The Balaban J connectivity index is 1.73. The molecule has 1 N–H and O–H groups in total. The van der Waals surface area contributed by atoms with Gasteiger partial charge in [0.1, 0.15) is 0 Å². The fraction of sp³-hybridized carbons (Fsp3) is 0.143. The van der Waals surface area contributed by atoms with Crippen molar-refractivity contribution in [2.75, 3.05) is 5.75 Å². The summed E-state index contributed by atoms with van der Waals surface area (Å²) in [6.07, 6.45) is 1.50. The predicted molar refractivity (Wildman–Crippen MR) is 74.6 cm³/mol. The number of benzene rings is 1. The number of imidazole rings is 1. The third kappa shape index (κ3) is 2.56. The lowest BCUT2D eigenvalue weighted by Crippen LogP contribution is -2.00. The van der Waals surface area contributed by atoms with Gasteiger partial charge in [-0.1, -0.05) is 17.8 Å². The van der Waals surface area contributed by atoms with Gasteiger partial charge in [0.2, 0.25) is 5.78 Å². The van der Waals surface area contributed by atoms with E-state index >= 15 is 0 Å². The summed E-state index contributed by atoms with van der Waals surface area (Å²) in [4.78, 5) is 19.4. The Kier molecular flexibility index (Phi) is 3.13. The molecular formula is C14H12N2O2S. The molecule has 5 heteroatoms. The number of carbonyl (C=O) groups is 1. The summed E-state index contributed by atoms with van der Waals surface area (Å²) < 4.78 is 5.06. The van der Waals surface area contributed by atoms with E-state index in [1.165, 1.54) is 23.6 Å². The molecule has 0 unspecified atom stereocenters. The number of ketones is 1. The normalized spacial score (nSPS) is 11.0. The van der Waals surface area contributed by atoms with Crippen LogP contribution in [-0.2, 0) is 0 Å². The topological polar surface area (TPSA) is 58.9 Å². The molecule has 0 amide bonds. The summed E-state index contributed by atoms with van der Waals surface area (Å²) in [5.41, 5.74) is 3.09. The Labute approximate surface area is 114 Å². The average Bonchev–Trinajstić information content (AvgIpc) is 3.04. The molecule has 0 fully saturated rings. The molecule has 96 valence electrons. The molecule has 3 rings (SSSR count). The standard InChI is InChI=1S/C14H12N2O2S/c1-9-4-5-10-11(7-9)16-14(15-10)19-8-12(17)13-3-2-6-18-13/h2-7H,8H2,1H3,(H,15,16). The number of furan rings is 1. The fourth-order valence-electron chi connectivity index (χ4n) is 1.81. The van der Waals surface area contributed by atoms with Crippen molar-refractivity contribution in [3.05, 3.63) is 47.9 Å². The second kappa shape index (κ2) is 4.93. The van der Waals surface area contributed by atoms with Crippen molar-refractivity contribution in [1.29, 1.82) is 0 Å². The largest absolute Gasteiger partial charge is 0.461 e. The number of thioether (sulfide) groups is 1. The summed E-state index contributed by atoms with van der Waals surface area (Å²) in [6, 6.07) is 9.42. The number of rotatable bonds is 4. The highest BCUT2D eigenvalue weighted by atomic mass is 32.2. The van der Waals surface area contributed by atoms with E-state index in [0.717, 1.165) is 16.2 Å². The molecule has 0 aliphatic rings. The number of aromatic nitrogens is 2. The third-order valence-electron chi connectivity index (χ3n) is 2.75. The number of nitrogens with zero attached hydrogens (tertiary/aromatic N) is 1. The maximum absolute atomic E-state index is 11.8. The van der Waals surface area contributed by atoms with Crippen molar-refractivity contribution in [2.24, 2.45) is 0 Å². The maximum Gasteiger partial charge on any atom is 0.208 e.